The lowest BCUT2D eigenvalue weighted by atomic mass is 9.42. The van der Waals surface area contributed by atoms with E-state index in [4.69, 9.17) is 13.9 Å². The van der Waals surface area contributed by atoms with Crippen molar-refractivity contribution in [2.45, 2.75) is 94.5 Å². The van der Waals surface area contributed by atoms with Crippen LogP contribution in [0, 0.1) is 22.7 Å². The summed E-state index contributed by atoms with van der Waals surface area (Å²) < 4.78 is 17.1. The molecule has 0 unspecified atom stereocenters. The summed E-state index contributed by atoms with van der Waals surface area (Å²) in [6.07, 6.45) is 7.86. The maximum absolute atomic E-state index is 12.8. The Labute approximate surface area is 192 Å². The molecular weight excluding hydrogens is 424 g/mol. The molecule has 1 aromatic heterocycles. The van der Waals surface area contributed by atoms with Gasteiger partial charge < -0.3 is 23.8 Å². The molecule has 6 rings (SSSR count). The van der Waals surface area contributed by atoms with E-state index in [9.17, 15) is 19.5 Å². The molecule has 1 aromatic rings. The maximum atomic E-state index is 12.8. The second-order valence-corrected chi connectivity index (χ2v) is 11.4. The molecule has 7 heteroatoms. The van der Waals surface area contributed by atoms with Crippen LogP contribution in [0.1, 0.15) is 76.7 Å². The third-order valence-electron chi connectivity index (χ3n) is 10.4. The molecule has 0 bridgehead atoms. The summed E-state index contributed by atoms with van der Waals surface area (Å²) in [5.41, 5.74) is -1.66. The van der Waals surface area contributed by atoms with Crippen molar-refractivity contribution in [1.82, 2.24) is 0 Å². The first-order chi connectivity index (χ1) is 15.7. The highest BCUT2D eigenvalue weighted by Gasteiger charge is 2.82. The third-order valence-corrected chi connectivity index (χ3v) is 10.4. The Kier molecular flexibility index (Phi) is 4.43. The second-order valence-electron chi connectivity index (χ2n) is 11.4. The summed E-state index contributed by atoms with van der Waals surface area (Å²) in [7, 11) is 0. The van der Waals surface area contributed by atoms with E-state index in [2.05, 4.69) is 6.92 Å². The van der Waals surface area contributed by atoms with Crippen LogP contribution in [0.2, 0.25) is 0 Å². The Bertz CT molecular complexity index is 1040. The molecule has 4 aliphatic carbocycles. The molecule has 5 fully saturated rings. The molecule has 1 N–H and O–H groups in total. The molecule has 1 aliphatic heterocycles. The van der Waals surface area contributed by atoms with E-state index >= 15 is 0 Å². The fourth-order valence-electron chi connectivity index (χ4n) is 9.00. The van der Waals surface area contributed by atoms with Gasteiger partial charge in [0.2, 0.25) is 0 Å². The number of fused-ring (bicyclic) bond motifs is 3. The van der Waals surface area contributed by atoms with Gasteiger partial charge in [-0.05, 0) is 74.3 Å². The minimum absolute atomic E-state index is 0.0533. The van der Waals surface area contributed by atoms with Crippen molar-refractivity contribution in [3.05, 3.63) is 34.4 Å². The van der Waals surface area contributed by atoms with Crippen LogP contribution >= 0.6 is 0 Å². The highest BCUT2D eigenvalue weighted by molar-refractivity contribution is 5.67. The number of carbonyl (C=O) groups excluding carboxylic acids is 2. The average Bonchev–Trinajstić information content (AvgIpc) is 3.43. The first kappa shape index (κ1) is 21.5. The summed E-state index contributed by atoms with van der Waals surface area (Å²) in [4.78, 5) is 35.8. The molecule has 0 amide bonds. The van der Waals surface area contributed by atoms with Crippen LogP contribution in [0.25, 0.3) is 0 Å². The van der Waals surface area contributed by atoms with Crippen LogP contribution in [-0.4, -0.2) is 40.8 Å². The highest BCUT2D eigenvalue weighted by Crippen LogP contribution is 2.78. The molecule has 5 aliphatic rings. The van der Waals surface area contributed by atoms with Crippen molar-refractivity contribution < 1.29 is 28.6 Å². The molecule has 0 radical (unpaired) electrons. The first-order valence-corrected chi connectivity index (χ1v) is 12.3. The van der Waals surface area contributed by atoms with Gasteiger partial charge in [-0.15, -0.1) is 0 Å². The Hall–Kier alpha value is -1.99. The van der Waals surface area contributed by atoms with Crippen molar-refractivity contribution in [2.75, 3.05) is 0 Å². The Morgan fingerprint density at radius 2 is 1.97 bits per heavy atom. The van der Waals surface area contributed by atoms with E-state index in [-0.39, 0.29) is 52.6 Å². The van der Waals surface area contributed by atoms with Crippen LogP contribution in [0.15, 0.2) is 27.6 Å². The molecule has 1 spiro atoms. The summed E-state index contributed by atoms with van der Waals surface area (Å²) >= 11 is 0. The van der Waals surface area contributed by atoms with Crippen molar-refractivity contribution in [3.8, 4) is 0 Å². The number of hydrogen-bond donors (Lipinski definition) is 1. The Balaban J connectivity index is 1.34. The van der Waals surface area contributed by atoms with Crippen molar-refractivity contribution in [2.24, 2.45) is 22.7 Å². The van der Waals surface area contributed by atoms with Crippen LogP contribution in [-0.2, 0) is 19.1 Å². The molecular formula is C26H32O7. The monoisotopic (exact) mass is 456 g/mol. The molecule has 33 heavy (non-hydrogen) atoms. The standard InChI is InChI=1S/C26H32O7/c1-15(28)32-17-5-9-24(14-27)18-6-8-23(2)20(16-3-4-22(29)31-13-16)11-21-26(23,33-21)19(18)7-10-25(24,30)12-17/h3-4,13-14,17-21,30H,5-12H2,1-2H3/t17-,18-,19+,20+,21+,23+,24-,25-,26+/m0/s1. The lowest BCUT2D eigenvalue weighted by molar-refractivity contribution is -0.222. The smallest absolute Gasteiger partial charge is 0.335 e. The van der Waals surface area contributed by atoms with E-state index in [0.29, 0.717) is 25.7 Å². The van der Waals surface area contributed by atoms with Gasteiger partial charge in [-0.1, -0.05) is 6.92 Å². The number of rotatable bonds is 3. The number of esters is 1. The molecule has 0 aromatic carbocycles. The molecule has 2 heterocycles. The summed E-state index contributed by atoms with van der Waals surface area (Å²) in [5, 5.41) is 11.8. The van der Waals surface area contributed by atoms with Gasteiger partial charge in [0.1, 0.15) is 18.0 Å². The SMILES string of the molecule is CC(=O)O[C@H]1CC[C@]2(C=O)[C@H]3CC[C@]4(C)[C@@H](c5ccc(=O)oc5)C[C@H]5O[C@]54[C@@H]3CC[C@]2(O)C1. The van der Waals surface area contributed by atoms with Crippen molar-refractivity contribution in [3.63, 3.8) is 0 Å². The number of epoxide rings is 1. The van der Waals surface area contributed by atoms with Crippen LogP contribution in [0.3, 0.4) is 0 Å². The van der Waals surface area contributed by atoms with Crippen molar-refractivity contribution >= 4 is 12.3 Å². The van der Waals surface area contributed by atoms with Gasteiger partial charge in [-0.3, -0.25) is 4.79 Å². The average molecular weight is 457 g/mol. The quantitative estimate of drug-likeness (QED) is 0.423. The highest BCUT2D eigenvalue weighted by atomic mass is 16.6. The van der Waals surface area contributed by atoms with Gasteiger partial charge in [-0.2, -0.15) is 0 Å². The zero-order valence-corrected chi connectivity index (χ0v) is 19.2. The van der Waals surface area contributed by atoms with Crippen molar-refractivity contribution in [1.29, 1.82) is 0 Å². The number of hydrogen-bond acceptors (Lipinski definition) is 7. The normalized spacial score (nSPS) is 49.7. The van der Waals surface area contributed by atoms with Gasteiger partial charge in [0, 0.05) is 24.8 Å². The van der Waals surface area contributed by atoms with E-state index in [0.717, 1.165) is 37.5 Å². The van der Waals surface area contributed by atoms with Gasteiger partial charge >= 0.3 is 11.6 Å². The Morgan fingerprint density at radius 3 is 2.67 bits per heavy atom. The van der Waals surface area contributed by atoms with E-state index < -0.39 is 11.0 Å². The van der Waals surface area contributed by atoms with Gasteiger partial charge in [0.25, 0.3) is 0 Å². The van der Waals surface area contributed by atoms with Crippen LogP contribution in [0.5, 0.6) is 0 Å². The summed E-state index contributed by atoms with van der Waals surface area (Å²) in [5.74, 6) is 0.163. The fraction of sp³-hybridized carbons (Fsp3) is 0.731. The third kappa shape index (κ3) is 2.61. The second kappa shape index (κ2) is 6.79. The predicted molar refractivity (Wildman–Crippen MR) is 116 cm³/mol. The van der Waals surface area contributed by atoms with Gasteiger partial charge in [0.05, 0.1) is 23.4 Å². The molecule has 9 atom stereocenters. The fourth-order valence-corrected chi connectivity index (χ4v) is 9.00. The lowest BCUT2D eigenvalue weighted by Crippen LogP contribution is -2.67. The number of aliphatic hydroxyl groups is 1. The topological polar surface area (TPSA) is 106 Å². The summed E-state index contributed by atoms with van der Waals surface area (Å²) in [6, 6.07) is 3.38. The summed E-state index contributed by atoms with van der Waals surface area (Å²) in [6.45, 7) is 3.70. The van der Waals surface area contributed by atoms with Crippen LogP contribution in [0.4, 0.5) is 0 Å². The lowest BCUT2D eigenvalue weighted by Gasteiger charge is -2.63. The number of ether oxygens (including phenoxy) is 2. The number of aldehydes is 1. The Morgan fingerprint density at radius 1 is 1.18 bits per heavy atom. The van der Waals surface area contributed by atoms with E-state index in [1.54, 1.807) is 6.26 Å². The zero-order valence-electron chi connectivity index (χ0n) is 19.2. The predicted octanol–water partition coefficient (Wildman–Crippen LogP) is 3.12. The molecule has 1 saturated heterocycles. The minimum atomic E-state index is -1.15. The minimum Gasteiger partial charge on any atom is -0.462 e. The maximum Gasteiger partial charge on any atom is 0.335 e. The molecule has 7 nitrogen and oxygen atoms in total. The first-order valence-electron chi connectivity index (χ1n) is 12.3. The van der Waals surface area contributed by atoms with Gasteiger partial charge in [0.15, 0.2) is 0 Å². The van der Waals surface area contributed by atoms with Crippen LogP contribution < -0.4 is 5.63 Å². The van der Waals surface area contributed by atoms with E-state index in [1.165, 1.54) is 13.0 Å². The molecule has 4 saturated carbocycles. The largest absolute Gasteiger partial charge is 0.462 e. The zero-order chi connectivity index (χ0) is 23.2. The molecule has 178 valence electrons. The van der Waals surface area contributed by atoms with E-state index in [1.807, 2.05) is 6.07 Å². The number of carbonyl (C=O) groups is 2. The van der Waals surface area contributed by atoms with Gasteiger partial charge in [-0.25, -0.2) is 4.79 Å².